The molecular weight excluding hydrogens is 327 g/mol. The van der Waals surface area contributed by atoms with Gasteiger partial charge >= 0.3 is 0 Å². The first-order valence-electron chi connectivity index (χ1n) is 7.07. The third-order valence-corrected chi connectivity index (χ3v) is 3.11. The average molecular weight is 351 g/mol. The van der Waals surface area contributed by atoms with Crippen molar-refractivity contribution in [2.45, 2.75) is 19.8 Å². The van der Waals surface area contributed by atoms with Crippen molar-refractivity contribution in [2.24, 2.45) is 0 Å². The molecule has 0 spiro atoms. The summed E-state index contributed by atoms with van der Waals surface area (Å²) in [6.07, 6.45) is 1.73. The Morgan fingerprint density at radius 1 is 1.32 bits per heavy atom. The molecular formula is C15H24Cl2N2O3. The van der Waals surface area contributed by atoms with Crippen molar-refractivity contribution in [3.8, 4) is 11.5 Å². The lowest BCUT2D eigenvalue weighted by Crippen LogP contribution is -2.26. The molecule has 0 heterocycles. The fourth-order valence-corrected chi connectivity index (χ4v) is 2.03. The molecule has 1 rings (SSSR count). The number of amides is 1. The van der Waals surface area contributed by atoms with Gasteiger partial charge in [0.1, 0.15) is 0 Å². The summed E-state index contributed by atoms with van der Waals surface area (Å²) >= 11 is 6.18. The number of methoxy groups -OCH3 is 1. The Morgan fingerprint density at radius 3 is 2.64 bits per heavy atom. The third-order valence-electron chi connectivity index (χ3n) is 2.83. The first-order chi connectivity index (χ1) is 10.1. The van der Waals surface area contributed by atoms with Crippen LogP contribution in [0.4, 0.5) is 0 Å². The molecule has 0 saturated heterocycles. The maximum Gasteiger partial charge on any atom is 0.251 e. The molecule has 7 heteroatoms. The van der Waals surface area contributed by atoms with Gasteiger partial charge < -0.3 is 20.1 Å². The van der Waals surface area contributed by atoms with Crippen LogP contribution in [0.15, 0.2) is 12.1 Å². The Balaban J connectivity index is 0.00000441. The van der Waals surface area contributed by atoms with Crippen molar-refractivity contribution in [1.29, 1.82) is 0 Å². The molecule has 1 aromatic carbocycles. The molecule has 0 fully saturated rings. The van der Waals surface area contributed by atoms with Crippen molar-refractivity contribution in [3.63, 3.8) is 0 Å². The fraction of sp³-hybridized carbons (Fsp3) is 0.533. The Morgan fingerprint density at radius 2 is 2.05 bits per heavy atom. The van der Waals surface area contributed by atoms with E-state index in [1.807, 2.05) is 14.0 Å². The molecule has 5 nitrogen and oxygen atoms in total. The number of benzene rings is 1. The number of halogens is 2. The topological polar surface area (TPSA) is 59.6 Å². The smallest absolute Gasteiger partial charge is 0.251 e. The highest BCUT2D eigenvalue weighted by Crippen LogP contribution is 2.36. The number of nitrogens with one attached hydrogen (secondary N) is 2. The van der Waals surface area contributed by atoms with E-state index >= 15 is 0 Å². The van der Waals surface area contributed by atoms with Crippen LogP contribution < -0.4 is 20.1 Å². The highest BCUT2D eigenvalue weighted by Gasteiger charge is 2.15. The minimum Gasteiger partial charge on any atom is -0.493 e. The molecule has 0 aromatic heterocycles. The standard InChI is InChI=1S/C15H23ClN2O3.ClH/c1-4-8-21-14-12(16)9-11(10-13(14)20-3)15(19)18-7-5-6-17-2;/h9-10,17H,4-8H2,1-3H3,(H,18,19);1H. The Bertz CT molecular complexity index is 470. The van der Waals surface area contributed by atoms with Crippen LogP contribution in [-0.4, -0.2) is 39.8 Å². The van der Waals surface area contributed by atoms with Gasteiger partial charge in [-0.25, -0.2) is 0 Å². The van der Waals surface area contributed by atoms with Gasteiger partial charge in [-0.15, -0.1) is 12.4 Å². The Labute approximate surface area is 143 Å². The van der Waals surface area contributed by atoms with Gasteiger partial charge in [0.05, 0.1) is 18.7 Å². The van der Waals surface area contributed by atoms with Crippen LogP contribution in [0.1, 0.15) is 30.1 Å². The average Bonchev–Trinajstić information content (AvgIpc) is 2.49. The van der Waals surface area contributed by atoms with Gasteiger partial charge in [-0.2, -0.15) is 0 Å². The predicted octanol–water partition coefficient (Wildman–Crippen LogP) is 2.90. The number of ether oxygens (including phenoxy) is 2. The summed E-state index contributed by atoms with van der Waals surface area (Å²) in [6, 6.07) is 3.24. The molecule has 0 aliphatic heterocycles. The highest BCUT2D eigenvalue weighted by atomic mass is 35.5. The lowest BCUT2D eigenvalue weighted by atomic mass is 10.2. The zero-order valence-corrected chi connectivity index (χ0v) is 14.8. The van der Waals surface area contributed by atoms with Crippen molar-refractivity contribution in [3.05, 3.63) is 22.7 Å². The third kappa shape index (κ3) is 6.30. The summed E-state index contributed by atoms with van der Waals surface area (Å²) in [5.41, 5.74) is 0.463. The van der Waals surface area contributed by atoms with Gasteiger partial charge in [-0.1, -0.05) is 18.5 Å². The van der Waals surface area contributed by atoms with Crippen LogP contribution in [-0.2, 0) is 0 Å². The van der Waals surface area contributed by atoms with Gasteiger partial charge in [0.25, 0.3) is 5.91 Å². The molecule has 22 heavy (non-hydrogen) atoms. The number of carbonyl (C=O) groups excluding carboxylic acids is 1. The lowest BCUT2D eigenvalue weighted by Gasteiger charge is -2.13. The monoisotopic (exact) mass is 350 g/mol. The van der Waals surface area contributed by atoms with E-state index in [-0.39, 0.29) is 18.3 Å². The molecule has 1 aromatic rings. The molecule has 0 bridgehead atoms. The minimum absolute atomic E-state index is 0. The summed E-state index contributed by atoms with van der Waals surface area (Å²) in [4.78, 5) is 12.1. The summed E-state index contributed by atoms with van der Waals surface area (Å²) in [5, 5.41) is 6.25. The zero-order valence-electron chi connectivity index (χ0n) is 13.2. The van der Waals surface area contributed by atoms with E-state index in [0.717, 1.165) is 19.4 Å². The Hall–Kier alpha value is -1.17. The van der Waals surface area contributed by atoms with Crippen LogP contribution in [0.5, 0.6) is 11.5 Å². The van der Waals surface area contributed by atoms with Gasteiger partial charge in [-0.3, -0.25) is 4.79 Å². The minimum atomic E-state index is -0.173. The van der Waals surface area contributed by atoms with Crippen LogP contribution in [0.25, 0.3) is 0 Å². The molecule has 0 atom stereocenters. The first kappa shape index (κ1) is 20.8. The first-order valence-corrected chi connectivity index (χ1v) is 7.45. The largest absolute Gasteiger partial charge is 0.493 e. The number of rotatable bonds is 9. The zero-order chi connectivity index (χ0) is 15.7. The van der Waals surface area contributed by atoms with Gasteiger partial charge in [0.2, 0.25) is 0 Å². The van der Waals surface area contributed by atoms with Crippen molar-refractivity contribution < 1.29 is 14.3 Å². The summed E-state index contributed by atoms with van der Waals surface area (Å²) in [7, 11) is 3.40. The van der Waals surface area contributed by atoms with Crippen molar-refractivity contribution in [1.82, 2.24) is 10.6 Å². The van der Waals surface area contributed by atoms with Crippen LogP contribution in [0.2, 0.25) is 5.02 Å². The molecule has 0 aliphatic rings. The van der Waals surface area contributed by atoms with E-state index in [4.69, 9.17) is 21.1 Å². The molecule has 0 unspecified atom stereocenters. The number of hydrogen-bond donors (Lipinski definition) is 2. The second-order valence-corrected chi connectivity index (χ2v) is 4.96. The van der Waals surface area contributed by atoms with Crippen molar-refractivity contribution in [2.75, 3.05) is 33.9 Å². The number of hydrogen-bond acceptors (Lipinski definition) is 4. The number of carbonyl (C=O) groups is 1. The van der Waals surface area contributed by atoms with E-state index in [9.17, 15) is 4.79 Å². The van der Waals surface area contributed by atoms with Crippen molar-refractivity contribution >= 4 is 29.9 Å². The predicted molar refractivity (Wildman–Crippen MR) is 91.9 cm³/mol. The normalized spacial score (nSPS) is 9.82. The molecule has 2 N–H and O–H groups in total. The summed E-state index contributed by atoms with van der Waals surface area (Å²) in [5.74, 6) is 0.775. The highest BCUT2D eigenvalue weighted by molar-refractivity contribution is 6.32. The van der Waals surface area contributed by atoms with E-state index in [1.54, 1.807) is 12.1 Å². The molecule has 0 saturated carbocycles. The summed E-state index contributed by atoms with van der Waals surface area (Å²) in [6.45, 7) is 4.01. The quantitative estimate of drug-likeness (QED) is 0.672. The SMILES string of the molecule is CCCOc1c(Cl)cc(C(=O)NCCCNC)cc1OC.Cl. The van der Waals surface area contributed by atoms with E-state index in [0.29, 0.717) is 35.2 Å². The second kappa shape index (κ2) is 11.4. The van der Waals surface area contributed by atoms with Crippen LogP contribution >= 0.6 is 24.0 Å². The van der Waals surface area contributed by atoms with E-state index in [1.165, 1.54) is 7.11 Å². The molecule has 126 valence electrons. The van der Waals surface area contributed by atoms with E-state index < -0.39 is 0 Å². The maximum absolute atomic E-state index is 12.1. The second-order valence-electron chi connectivity index (χ2n) is 4.55. The lowest BCUT2D eigenvalue weighted by molar-refractivity contribution is 0.0953. The van der Waals surface area contributed by atoms with Gasteiger partial charge in [0, 0.05) is 12.1 Å². The molecule has 0 radical (unpaired) electrons. The van der Waals surface area contributed by atoms with E-state index in [2.05, 4.69) is 10.6 Å². The fourth-order valence-electron chi connectivity index (χ4n) is 1.76. The Kier molecular flexibility index (Phi) is 10.8. The van der Waals surface area contributed by atoms with Crippen LogP contribution in [0.3, 0.4) is 0 Å². The maximum atomic E-state index is 12.1. The van der Waals surface area contributed by atoms with Crippen LogP contribution in [0, 0.1) is 0 Å². The van der Waals surface area contributed by atoms with Gasteiger partial charge in [0.15, 0.2) is 11.5 Å². The molecule has 1 amide bonds. The molecule has 0 aliphatic carbocycles. The van der Waals surface area contributed by atoms with Gasteiger partial charge in [-0.05, 0) is 38.6 Å². The summed E-state index contributed by atoms with van der Waals surface area (Å²) < 4.78 is 10.8.